The van der Waals surface area contributed by atoms with E-state index in [1.54, 1.807) is 13.0 Å². The van der Waals surface area contributed by atoms with E-state index >= 15 is 0 Å². The molecular weight excluding hydrogens is 343 g/mol. The zero-order valence-electron chi connectivity index (χ0n) is 11.3. The molecule has 2 rings (SSSR count). The van der Waals surface area contributed by atoms with Gasteiger partial charge in [0.2, 0.25) is 0 Å². The molecule has 1 unspecified atom stereocenters. The monoisotopic (exact) mass is 356 g/mol. The average Bonchev–Trinajstić information content (AvgIpc) is 2.42. The third-order valence-electron chi connectivity index (χ3n) is 3.25. The molecule has 1 atom stereocenters. The second-order valence-electron chi connectivity index (χ2n) is 5.17. The SMILES string of the molecule is CC(N)(CN)Cc1c([N+](=O)[O-])cnc2ccc(Br)c(F)c12. The van der Waals surface area contributed by atoms with Gasteiger partial charge in [0, 0.05) is 23.0 Å². The van der Waals surface area contributed by atoms with Crippen molar-refractivity contribution in [1.82, 2.24) is 4.98 Å². The van der Waals surface area contributed by atoms with Crippen LogP contribution in [0.4, 0.5) is 10.1 Å². The average molecular weight is 357 g/mol. The van der Waals surface area contributed by atoms with Gasteiger partial charge in [0.15, 0.2) is 0 Å². The van der Waals surface area contributed by atoms with Crippen LogP contribution in [-0.2, 0) is 6.42 Å². The molecule has 6 nitrogen and oxygen atoms in total. The molecule has 0 fully saturated rings. The molecule has 1 aromatic heterocycles. The fraction of sp³-hybridized carbons (Fsp3) is 0.308. The van der Waals surface area contributed by atoms with Gasteiger partial charge in [0.1, 0.15) is 12.0 Å². The van der Waals surface area contributed by atoms with Crippen LogP contribution in [0.2, 0.25) is 0 Å². The van der Waals surface area contributed by atoms with Crippen molar-refractivity contribution in [2.75, 3.05) is 6.54 Å². The summed E-state index contributed by atoms with van der Waals surface area (Å²) >= 11 is 3.08. The number of hydrogen-bond acceptors (Lipinski definition) is 5. The second kappa shape index (κ2) is 5.63. The molecular formula is C13H14BrFN4O2. The Morgan fingerprint density at radius 2 is 2.19 bits per heavy atom. The molecule has 0 radical (unpaired) electrons. The minimum absolute atomic E-state index is 0.0756. The molecule has 8 heteroatoms. The van der Waals surface area contributed by atoms with Crippen LogP contribution in [0.25, 0.3) is 10.9 Å². The summed E-state index contributed by atoms with van der Waals surface area (Å²) in [6.07, 6.45) is 1.20. The van der Waals surface area contributed by atoms with E-state index < -0.39 is 16.3 Å². The molecule has 0 amide bonds. The summed E-state index contributed by atoms with van der Waals surface area (Å²) in [6.45, 7) is 1.78. The van der Waals surface area contributed by atoms with Crippen molar-refractivity contribution >= 4 is 32.5 Å². The predicted molar refractivity (Wildman–Crippen MR) is 81.4 cm³/mol. The van der Waals surface area contributed by atoms with Crippen LogP contribution in [0.3, 0.4) is 0 Å². The van der Waals surface area contributed by atoms with Gasteiger partial charge in [-0.25, -0.2) is 9.37 Å². The van der Waals surface area contributed by atoms with Crippen LogP contribution < -0.4 is 11.5 Å². The minimum atomic E-state index is -0.881. The highest BCUT2D eigenvalue weighted by Crippen LogP contribution is 2.33. The standard InChI is InChI=1S/C13H14BrFN4O2/c1-13(17,6-16)4-7-10(19(20)21)5-18-9-3-2-8(14)12(15)11(7)9/h2-3,5H,4,6,16-17H2,1H3. The van der Waals surface area contributed by atoms with Crippen LogP contribution in [0.5, 0.6) is 0 Å². The maximum absolute atomic E-state index is 14.4. The molecule has 0 saturated carbocycles. The zero-order chi connectivity index (χ0) is 15.8. The third kappa shape index (κ3) is 3.02. The first-order valence-electron chi connectivity index (χ1n) is 6.16. The summed E-state index contributed by atoms with van der Waals surface area (Å²) in [5.74, 6) is -0.591. The molecule has 112 valence electrons. The van der Waals surface area contributed by atoms with Crippen LogP contribution in [0, 0.1) is 15.9 Å². The fourth-order valence-corrected chi connectivity index (χ4v) is 2.41. The molecule has 0 aliphatic rings. The quantitative estimate of drug-likeness (QED) is 0.645. The summed E-state index contributed by atoms with van der Waals surface area (Å²) in [6, 6.07) is 3.09. The largest absolute Gasteiger partial charge is 0.329 e. The lowest BCUT2D eigenvalue weighted by Crippen LogP contribution is -2.46. The van der Waals surface area contributed by atoms with Gasteiger partial charge in [-0.3, -0.25) is 10.1 Å². The number of nitro groups is 1. The number of halogens is 2. The lowest BCUT2D eigenvalue weighted by atomic mass is 9.91. The predicted octanol–water partition coefficient (Wildman–Crippen LogP) is 2.26. The molecule has 21 heavy (non-hydrogen) atoms. The maximum Gasteiger partial charge on any atom is 0.291 e. The van der Waals surface area contributed by atoms with Gasteiger partial charge in [0.25, 0.3) is 5.69 Å². The van der Waals surface area contributed by atoms with Crippen LogP contribution >= 0.6 is 15.9 Å². The Kier molecular flexibility index (Phi) is 4.22. The molecule has 0 saturated heterocycles. The number of fused-ring (bicyclic) bond motifs is 1. The molecule has 4 N–H and O–H groups in total. The molecule has 0 bridgehead atoms. The van der Waals surface area contributed by atoms with Crippen molar-refractivity contribution < 1.29 is 9.31 Å². The number of pyridine rings is 1. The molecule has 0 aliphatic carbocycles. The van der Waals surface area contributed by atoms with E-state index in [1.807, 2.05) is 0 Å². The van der Waals surface area contributed by atoms with Crippen LogP contribution in [-0.4, -0.2) is 22.0 Å². The Hall–Kier alpha value is -1.64. The van der Waals surface area contributed by atoms with Gasteiger partial charge in [-0.05, 0) is 41.4 Å². The van der Waals surface area contributed by atoms with Crippen LogP contribution in [0.1, 0.15) is 12.5 Å². The summed E-state index contributed by atoms with van der Waals surface area (Å²) in [7, 11) is 0. The Bertz CT molecular complexity index is 721. The van der Waals surface area contributed by atoms with Gasteiger partial charge in [-0.1, -0.05) is 0 Å². The molecule has 1 aromatic carbocycles. The normalized spacial score (nSPS) is 14.1. The highest BCUT2D eigenvalue weighted by atomic mass is 79.9. The Morgan fingerprint density at radius 3 is 2.76 bits per heavy atom. The van der Waals surface area contributed by atoms with Gasteiger partial charge in [-0.2, -0.15) is 0 Å². The number of hydrogen-bond donors (Lipinski definition) is 2. The van der Waals surface area contributed by atoms with Crippen molar-refractivity contribution in [2.24, 2.45) is 11.5 Å². The highest BCUT2D eigenvalue weighted by Gasteiger charge is 2.27. The van der Waals surface area contributed by atoms with Crippen molar-refractivity contribution in [2.45, 2.75) is 18.9 Å². The van der Waals surface area contributed by atoms with E-state index in [9.17, 15) is 14.5 Å². The molecule has 1 heterocycles. The van der Waals surface area contributed by atoms with E-state index in [0.29, 0.717) is 5.52 Å². The molecule has 2 aromatic rings. The first kappa shape index (κ1) is 15.7. The van der Waals surface area contributed by atoms with Gasteiger partial charge in [-0.15, -0.1) is 0 Å². The lowest BCUT2D eigenvalue weighted by Gasteiger charge is -2.23. The van der Waals surface area contributed by atoms with Crippen molar-refractivity contribution in [3.63, 3.8) is 0 Å². The van der Waals surface area contributed by atoms with Gasteiger partial charge >= 0.3 is 0 Å². The van der Waals surface area contributed by atoms with Crippen molar-refractivity contribution in [3.8, 4) is 0 Å². The first-order valence-corrected chi connectivity index (χ1v) is 6.95. The number of benzene rings is 1. The number of nitrogens with zero attached hydrogens (tertiary/aromatic N) is 2. The van der Waals surface area contributed by atoms with E-state index in [2.05, 4.69) is 20.9 Å². The van der Waals surface area contributed by atoms with E-state index in [1.165, 1.54) is 6.07 Å². The summed E-state index contributed by atoms with van der Waals surface area (Å²) < 4.78 is 14.6. The van der Waals surface area contributed by atoms with E-state index in [0.717, 1.165) is 6.20 Å². The summed E-state index contributed by atoms with van der Waals surface area (Å²) in [5.41, 5.74) is 11.0. The molecule has 0 aliphatic heterocycles. The topological polar surface area (TPSA) is 108 Å². The third-order valence-corrected chi connectivity index (χ3v) is 3.87. The van der Waals surface area contributed by atoms with Gasteiger partial charge < -0.3 is 11.5 Å². The van der Waals surface area contributed by atoms with E-state index in [-0.39, 0.29) is 34.1 Å². The van der Waals surface area contributed by atoms with Gasteiger partial charge in [0.05, 0.1) is 14.9 Å². The van der Waals surface area contributed by atoms with Crippen molar-refractivity contribution in [3.05, 3.63) is 44.3 Å². The minimum Gasteiger partial charge on any atom is -0.329 e. The van der Waals surface area contributed by atoms with Crippen LogP contribution in [0.15, 0.2) is 22.8 Å². The second-order valence-corrected chi connectivity index (χ2v) is 6.02. The first-order chi connectivity index (χ1) is 9.76. The maximum atomic E-state index is 14.4. The smallest absolute Gasteiger partial charge is 0.291 e. The Labute approximate surface area is 128 Å². The lowest BCUT2D eigenvalue weighted by molar-refractivity contribution is -0.385. The summed E-state index contributed by atoms with van der Waals surface area (Å²) in [5, 5.41) is 11.3. The number of nitrogens with two attached hydrogens (primary N) is 2. The summed E-state index contributed by atoms with van der Waals surface area (Å²) in [4.78, 5) is 14.6. The van der Waals surface area contributed by atoms with Crippen molar-refractivity contribution in [1.29, 1.82) is 0 Å². The number of aromatic nitrogens is 1. The molecule has 0 spiro atoms. The Morgan fingerprint density at radius 1 is 1.52 bits per heavy atom. The Balaban J connectivity index is 2.81. The zero-order valence-corrected chi connectivity index (χ0v) is 12.9. The highest BCUT2D eigenvalue weighted by molar-refractivity contribution is 9.10. The fourth-order valence-electron chi connectivity index (χ4n) is 2.08. The number of rotatable bonds is 4. The van der Waals surface area contributed by atoms with E-state index in [4.69, 9.17) is 11.5 Å².